The molecule has 122 valence electrons. The summed E-state index contributed by atoms with van der Waals surface area (Å²) in [4.78, 5) is 12.6. The Hall–Kier alpha value is -2.66. The van der Waals surface area contributed by atoms with Gasteiger partial charge in [-0.2, -0.15) is 0 Å². The van der Waals surface area contributed by atoms with Crippen LogP contribution in [0.4, 0.5) is 5.69 Å². The Labute approximate surface area is 145 Å². The average molecular weight is 341 g/mol. The molecule has 5 nitrogen and oxygen atoms in total. The minimum atomic E-state index is -0.283. The number of rotatable bonds is 3. The van der Waals surface area contributed by atoms with Gasteiger partial charge in [0, 0.05) is 10.7 Å². The first-order valence-electron chi connectivity index (χ1n) is 7.52. The summed E-state index contributed by atoms with van der Waals surface area (Å²) in [6, 6.07) is 13.2. The van der Waals surface area contributed by atoms with E-state index in [0.717, 1.165) is 22.5 Å². The van der Waals surface area contributed by atoms with E-state index in [1.807, 2.05) is 44.2 Å². The van der Waals surface area contributed by atoms with E-state index >= 15 is 0 Å². The first kappa shape index (κ1) is 16.2. The van der Waals surface area contributed by atoms with Crippen LogP contribution < -0.4 is 5.32 Å². The monoisotopic (exact) mass is 340 g/mol. The van der Waals surface area contributed by atoms with Crippen LogP contribution in [0.5, 0.6) is 0 Å². The molecular formula is C18H17ClN4O. The Balaban J connectivity index is 1.90. The number of hydrogen-bond acceptors (Lipinski definition) is 3. The normalized spacial score (nSPS) is 10.7. The second kappa shape index (κ2) is 6.45. The third kappa shape index (κ3) is 3.16. The molecule has 1 amide bonds. The Morgan fingerprint density at radius 2 is 1.92 bits per heavy atom. The predicted molar refractivity (Wildman–Crippen MR) is 95.0 cm³/mol. The molecular weight excluding hydrogens is 324 g/mol. The number of hydrogen-bond donors (Lipinski definition) is 1. The van der Waals surface area contributed by atoms with Crippen molar-refractivity contribution in [1.82, 2.24) is 15.0 Å². The zero-order valence-corrected chi connectivity index (χ0v) is 14.4. The maximum atomic E-state index is 12.6. The van der Waals surface area contributed by atoms with E-state index in [9.17, 15) is 4.79 Å². The highest BCUT2D eigenvalue weighted by Gasteiger charge is 2.18. The fraction of sp³-hybridized carbons (Fsp3) is 0.167. The molecule has 0 unspecified atom stereocenters. The van der Waals surface area contributed by atoms with Crippen LogP contribution in [-0.2, 0) is 0 Å². The van der Waals surface area contributed by atoms with Crippen LogP contribution in [0.15, 0.2) is 42.5 Å². The van der Waals surface area contributed by atoms with Gasteiger partial charge in [0.25, 0.3) is 5.91 Å². The molecule has 0 fully saturated rings. The molecule has 3 aromatic rings. The summed E-state index contributed by atoms with van der Waals surface area (Å²) in [6.45, 7) is 5.74. The summed E-state index contributed by atoms with van der Waals surface area (Å²) < 4.78 is 1.60. The van der Waals surface area contributed by atoms with Crippen LogP contribution in [0.3, 0.4) is 0 Å². The van der Waals surface area contributed by atoms with Gasteiger partial charge in [-0.3, -0.25) is 4.79 Å². The topological polar surface area (TPSA) is 59.8 Å². The van der Waals surface area contributed by atoms with Gasteiger partial charge in [0.2, 0.25) is 0 Å². The minimum Gasteiger partial charge on any atom is -0.320 e. The lowest BCUT2D eigenvalue weighted by Crippen LogP contribution is -2.15. The Kier molecular flexibility index (Phi) is 4.36. The van der Waals surface area contributed by atoms with E-state index < -0.39 is 0 Å². The number of amides is 1. The maximum absolute atomic E-state index is 12.6. The molecule has 0 saturated carbocycles. The van der Waals surface area contributed by atoms with Crippen molar-refractivity contribution in [3.63, 3.8) is 0 Å². The summed E-state index contributed by atoms with van der Waals surface area (Å²) in [7, 11) is 0. The molecule has 0 aliphatic rings. The van der Waals surface area contributed by atoms with Crippen molar-refractivity contribution in [2.24, 2.45) is 0 Å². The Bertz CT molecular complexity index is 917. The fourth-order valence-corrected chi connectivity index (χ4v) is 2.63. The molecule has 0 aliphatic carbocycles. The van der Waals surface area contributed by atoms with Crippen molar-refractivity contribution in [1.29, 1.82) is 0 Å². The summed E-state index contributed by atoms with van der Waals surface area (Å²) >= 11 is 6.02. The van der Waals surface area contributed by atoms with Crippen LogP contribution in [0.1, 0.15) is 27.3 Å². The second-order valence-corrected chi connectivity index (χ2v) is 6.12. The van der Waals surface area contributed by atoms with Crippen molar-refractivity contribution < 1.29 is 4.79 Å². The average Bonchev–Trinajstić information content (AvgIpc) is 2.92. The molecule has 0 saturated heterocycles. The molecule has 1 heterocycles. The minimum absolute atomic E-state index is 0.283. The lowest BCUT2D eigenvalue weighted by molar-refractivity contribution is 0.102. The number of carbonyl (C=O) groups excluding carboxylic acids is 1. The summed E-state index contributed by atoms with van der Waals surface area (Å²) in [5, 5.41) is 11.6. The zero-order valence-electron chi connectivity index (χ0n) is 13.7. The highest BCUT2D eigenvalue weighted by molar-refractivity contribution is 6.30. The van der Waals surface area contributed by atoms with E-state index in [1.54, 1.807) is 23.7 Å². The molecule has 0 atom stereocenters. The number of halogens is 1. The molecule has 0 bridgehead atoms. The Morgan fingerprint density at radius 3 is 2.67 bits per heavy atom. The number of nitrogens with zero attached hydrogens (tertiary/aromatic N) is 3. The number of nitrogens with one attached hydrogen (secondary N) is 1. The molecule has 2 aromatic carbocycles. The van der Waals surface area contributed by atoms with E-state index in [2.05, 4.69) is 15.6 Å². The number of aryl methyl sites for hydroxylation is 2. The molecule has 1 N–H and O–H groups in total. The number of carbonyl (C=O) groups is 1. The maximum Gasteiger partial charge on any atom is 0.278 e. The quantitative estimate of drug-likeness (QED) is 0.781. The molecule has 1 aromatic heterocycles. The van der Waals surface area contributed by atoms with Gasteiger partial charge in [-0.25, -0.2) is 4.68 Å². The fourth-order valence-electron chi connectivity index (χ4n) is 2.44. The van der Waals surface area contributed by atoms with Crippen LogP contribution in [-0.4, -0.2) is 20.9 Å². The number of aromatic nitrogens is 3. The first-order valence-corrected chi connectivity index (χ1v) is 7.90. The zero-order chi connectivity index (χ0) is 17.3. The van der Waals surface area contributed by atoms with Crippen LogP contribution in [0.2, 0.25) is 5.02 Å². The lowest BCUT2D eigenvalue weighted by atomic mass is 10.1. The largest absolute Gasteiger partial charge is 0.320 e. The van der Waals surface area contributed by atoms with Gasteiger partial charge >= 0.3 is 0 Å². The van der Waals surface area contributed by atoms with Crippen LogP contribution in [0, 0.1) is 20.8 Å². The number of benzene rings is 2. The van der Waals surface area contributed by atoms with Gasteiger partial charge in [-0.1, -0.05) is 35.0 Å². The van der Waals surface area contributed by atoms with Crippen LogP contribution >= 0.6 is 11.6 Å². The smallest absolute Gasteiger partial charge is 0.278 e. The molecule has 6 heteroatoms. The highest BCUT2D eigenvalue weighted by atomic mass is 35.5. The SMILES string of the molecule is Cc1ccc(C)c(NC(=O)c2nnn(-c3cccc(Cl)c3)c2C)c1. The summed E-state index contributed by atoms with van der Waals surface area (Å²) in [5.41, 5.74) is 4.55. The molecule has 3 rings (SSSR count). The Morgan fingerprint density at radius 1 is 1.12 bits per heavy atom. The van der Waals surface area contributed by atoms with E-state index in [4.69, 9.17) is 11.6 Å². The second-order valence-electron chi connectivity index (χ2n) is 5.69. The van der Waals surface area contributed by atoms with E-state index in [1.165, 1.54) is 0 Å². The molecule has 0 radical (unpaired) electrons. The van der Waals surface area contributed by atoms with Crippen molar-refractivity contribution in [2.75, 3.05) is 5.32 Å². The first-order chi connectivity index (χ1) is 11.5. The standard InChI is InChI=1S/C18H17ClN4O/c1-11-7-8-12(2)16(9-11)20-18(24)17-13(3)23(22-21-17)15-6-4-5-14(19)10-15/h4-10H,1-3H3,(H,20,24). The van der Waals surface area contributed by atoms with Gasteiger partial charge in [0.1, 0.15) is 0 Å². The molecule has 24 heavy (non-hydrogen) atoms. The summed E-state index contributed by atoms with van der Waals surface area (Å²) in [6.07, 6.45) is 0. The van der Waals surface area contributed by atoms with Gasteiger partial charge in [0.15, 0.2) is 5.69 Å². The molecule has 0 aliphatic heterocycles. The highest BCUT2D eigenvalue weighted by Crippen LogP contribution is 2.20. The number of anilines is 1. The van der Waals surface area contributed by atoms with Crippen LogP contribution in [0.25, 0.3) is 5.69 Å². The van der Waals surface area contributed by atoms with Crippen molar-refractivity contribution in [3.05, 3.63) is 70.0 Å². The third-order valence-electron chi connectivity index (χ3n) is 3.80. The third-order valence-corrected chi connectivity index (χ3v) is 4.04. The van der Waals surface area contributed by atoms with Crippen molar-refractivity contribution >= 4 is 23.2 Å². The van der Waals surface area contributed by atoms with E-state index in [-0.39, 0.29) is 11.6 Å². The van der Waals surface area contributed by atoms with Gasteiger partial charge in [-0.15, -0.1) is 5.10 Å². The molecule has 0 spiro atoms. The summed E-state index contributed by atoms with van der Waals surface area (Å²) in [5.74, 6) is -0.283. The predicted octanol–water partition coefficient (Wildman–Crippen LogP) is 4.10. The van der Waals surface area contributed by atoms with Gasteiger partial charge in [0.05, 0.1) is 11.4 Å². The van der Waals surface area contributed by atoms with Crippen molar-refractivity contribution in [3.8, 4) is 5.69 Å². The van der Waals surface area contributed by atoms with E-state index in [0.29, 0.717) is 10.7 Å². The van der Waals surface area contributed by atoms with Crippen molar-refractivity contribution in [2.45, 2.75) is 20.8 Å². The van der Waals surface area contributed by atoms with Gasteiger partial charge < -0.3 is 5.32 Å². The van der Waals surface area contributed by atoms with Gasteiger partial charge in [-0.05, 0) is 56.2 Å². The lowest BCUT2D eigenvalue weighted by Gasteiger charge is -2.08.